The zero-order valence-corrected chi connectivity index (χ0v) is 10.0. The number of nitrogens with zero attached hydrogens (tertiary/aromatic N) is 1. The van der Waals surface area contributed by atoms with E-state index in [1.54, 1.807) is 0 Å². The molecule has 2 rings (SSSR count). The lowest BCUT2D eigenvalue weighted by molar-refractivity contribution is 0.233. The Morgan fingerprint density at radius 2 is 2.24 bits per heavy atom. The SMILES string of the molecule is O=S(=O)(c1cccc(F)c1)N1CCC(CO)C1. The van der Waals surface area contributed by atoms with E-state index in [2.05, 4.69) is 0 Å². The second kappa shape index (κ2) is 4.72. The first-order valence-corrected chi connectivity index (χ1v) is 6.84. The molecule has 1 aliphatic heterocycles. The fourth-order valence-electron chi connectivity index (χ4n) is 1.94. The summed E-state index contributed by atoms with van der Waals surface area (Å²) in [6, 6.07) is 4.98. The van der Waals surface area contributed by atoms with E-state index in [4.69, 9.17) is 5.11 Å². The molecule has 6 heteroatoms. The highest BCUT2D eigenvalue weighted by Crippen LogP contribution is 2.24. The fourth-order valence-corrected chi connectivity index (χ4v) is 3.50. The van der Waals surface area contributed by atoms with Gasteiger partial charge in [0.25, 0.3) is 0 Å². The molecule has 1 unspecified atom stereocenters. The van der Waals surface area contributed by atoms with Crippen LogP contribution >= 0.6 is 0 Å². The van der Waals surface area contributed by atoms with Crippen LogP contribution in [0.15, 0.2) is 29.2 Å². The number of hydrogen-bond acceptors (Lipinski definition) is 3. The van der Waals surface area contributed by atoms with Crippen LogP contribution in [0.25, 0.3) is 0 Å². The van der Waals surface area contributed by atoms with Gasteiger partial charge in [-0.15, -0.1) is 0 Å². The molecule has 0 saturated carbocycles. The van der Waals surface area contributed by atoms with Crippen molar-refractivity contribution in [3.05, 3.63) is 30.1 Å². The Morgan fingerprint density at radius 3 is 2.82 bits per heavy atom. The van der Waals surface area contributed by atoms with Crippen molar-refractivity contribution in [1.29, 1.82) is 0 Å². The van der Waals surface area contributed by atoms with Crippen LogP contribution in [-0.4, -0.2) is 37.5 Å². The van der Waals surface area contributed by atoms with E-state index in [0.717, 1.165) is 6.07 Å². The molecule has 17 heavy (non-hydrogen) atoms. The fraction of sp³-hybridized carbons (Fsp3) is 0.455. The molecule has 1 N–H and O–H groups in total. The van der Waals surface area contributed by atoms with E-state index in [-0.39, 0.29) is 17.4 Å². The molecule has 0 amide bonds. The quantitative estimate of drug-likeness (QED) is 0.874. The molecule has 94 valence electrons. The number of aliphatic hydroxyl groups excluding tert-OH is 1. The highest BCUT2D eigenvalue weighted by atomic mass is 32.2. The first-order chi connectivity index (χ1) is 8.04. The van der Waals surface area contributed by atoms with Gasteiger partial charge in [-0.1, -0.05) is 6.07 Å². The predicted molar refractivity (Wildman–Crippen MR) is 60.4 cm³/mol. The molecule has 0 radical (unpaired) electrons. The van der Waals surface area contributed by atoms with Crippen LogP contribution in [0.5, 0.6) is 0 Å². The van der Waals surface area contributed by atoms with Crippen LogP contribution < -0.4 is 0 Å². The third-order valence-electron chi connectivity index (χ3n) is 2.94. The van der Waals surface area contributed by atoms with E-state index < -0.39 is 15.8 Å². The van der Waals surface area contributed by atoms with Crippen LogP contribution in [0, 0.1) is 11.7 Å². The Morgan fingerprint density at radius 1 is 1.47 bits per heavy atom. The second-order valence-electron chi connectivity index (χ2n) is 4.16. The van der Waals surface area contributed by atoms with Gasteiger partial charge in [0.2, 0.25) is 10.0 Å². The molecule has 1 saturated heterocycles. The maximum atomic E-state index is 13.0. The summed E-state index contributed by atoms with van der Waals surface area (Å²) < 4.78 is 38.6. The van der Waals surface area contributed by atoms with Crippen molar-refractivity contribution >= 4 is 10.0 Å². The van der Waals surface area contributed by atoms with Gasteiger partial charge in [-0.25, -0.2) is 12.8 Å². The minimum atomic E-state index is -3.62. The Balaban J connectivity index is 2.25. The van der Waals surface area contributed by atoms with Crippen molar-refractivity contribution < 1.29 is 17.9 Å². The van der Waals surface area contributed by atoms with Crippen molar-refractivity contribution in [2.24, 2.45) is 5.92 Å². The van der Waals surface area contributed by atoms with E-state index in [1.807, 2.05) is 0 Å². The topological polar surface area (TPSA) is 57.6 Å². The monoisotopic (exact) mass is 259 g/mol. The third-order valence-corrected chi connectivity index (χ3v) is 4.80. The Hall–Kier alpha value is -0.980. The lowest BCUT2D eigenvalue weighted by atomic mass is 10.1. The Labute approximate surface area is 99.7 Å². The molecule has 1 atom stereocenters. The molecule has 1 fully saturated rings. The summed E-state index contributed by atoms with van der Waals surface area (Å²) >= 11 is 0. The second-order valence-corrected chi connectivity index (χ2v) is 6.10. The van der Waals surface area contributed by atoms with Crippen molar-refractivity contribution in [1.82, 2.24) is 4.31 Å². The van der Waals surface area contributed by atoms with Gasteiger partial charge in [-0.2, -0.15) is 4.31 Å². The summed E-state index contributed by atoms with van der Waals surface area (Å²) in [5.74, 6) is -0.581. The van der Waals surface area contributed by atoms with Gasteiger partial charge < -0.3 is 5.11 Å². The van der Waals surface area contributed by atoms with Crippen LogP contribution in [0.2, 0.25) is 0 Å². The van der Waals surface area contributed by atoms with E-state index in [9.17, 15) is 12.8 Å². The lowest BCUT2D eigenvalue weighted by Gasteiger charge is -2.16. The summed E-state index contributed by atoms with van der Waals surface area (Å²) in [7, 11) is -3.62. The first kappa shape index (κ1) is 12.5. The summed E-state index contributed by atoms with van der Waals surface area (Å²) in [5.41, 5.74) is 0. The number of benzene rings is 1. The Bertz CT molecular complexity index is 503. The van der Waals surface area contributed by atoms with E-state index in [1.165, 1.54) is 22.5 Å². The van der Waals surface area contributed by atoms with Crippen molar-refractivity contribution in [2.75, 3.05) is 19.7 Å². The molecule has 1 aromatic carbocycles. The van der Waals surface area contributed by atoms with Crippen LogP contribution in [0.4, 0.5) is 4.39 Å². The number of sulfonamides is 1. The molecule has 0 aromatic heterocycles. The van der Waals surface area contributed by atoms with Crippen LogP contribution in [0.1, 0.15) is 6.42 Å². The van der Waals surface area contributed by atoms with Crippen molar-refractivity contribution in [3.8, 4) is 0 Å². The van der Waals surface area contributed by atoms with Gasteiger partial charge in [-0.3, -0.25) is 0 Å². The van der Waals surface area contributed by atoms with Crippen LogP contribution in [-0.2, 0) is 10.0 Å². The molecule has 0 bridgehead atoms. The summed E-state index contributed by atoms with van der Waals surface area (Å²) in [6.45, 7) is 0.661. The minimum absolute atomic E-state index is 0.0154. The number of halogens is 1. The molecule has 0 spiro atoms. The highest BCUT2D eigenvalue weighted by Gasteiger charge is 2.32. The largest absolute Gasteiger partial charge is 0.396 e. The highest BCUT2D eigenvalue weighted by molar-refractivity contribution is 7.89. The average Bonchev–Trinajstić information content (AvgIpc) is 2.78. The number of rotatable bonds is 3. The standard InChI is InChI=1S/C11H14FNO3S/c12-10-2-1-3-11(6-10)17(15,16)13-5-4-9(7-13)8-14/h1-3,6,9,14H,4-5,7-8H2. The zero-order valence-electron chi connectivity index (χ0n) is 9.21. The molecular weight excluding hydrogens is 245 g/mol. The van der Waals surface area contributed by atoms with Gasteiger partial charge in [0.05, 0.1) is 4.90 Å². The molecule has 4 nitrogen and oxygen atoms in total. The summed E-state index contributed by atoms with van der Waals surface area (Å²) in [6.07, 6.45) is 0.644. The number of hydrogen-bond donors (Lipinski definition) is 1. The molecule has 1 aromatic rings. The maximum Gasteiger partial charge on any atom is 0.243 e. The summed E-state index contributed by atoms with van der Waals surface area (Å²) in [4.78, 5) is -0.0314. The third kappa shape index (κ3) is 2.48. The van der Waals surface area contributed by atoms with E-state index in [0.29, 0.717) is 19.5 Å². The predicted octanol–water partition coefficient (Wildman–Crippen LogP) is 0.829. The van der Waals surface area contributed by atoms with Crippen molar-refractivity contribution in [2.45, 2.75) is 11.3 Å². The first-order valence-electron chi connectivity index (χ1n) is 5.40. The van der Waals surface area contributed by atoms with Gasteiger partial charge in [-0.05, 0) is 30.5 Å². The smallest absolute Gasteiger partial charge is 0.243 e. The maximum absolute atomic E-state index is 13.0. The lowest BCUT2D eigenvalue weighted by Crippen LogP contribution is -2.29. The average molecular weight is 259 g/mol. The number of aliphatic hydroxyl groups is 1. The minimum Gasteiger partial charge on any atom is -0.396 e. The van der Waals surface area contributed by atoms with Gasteiger partial charge in [0.1, 0.15) is 5.82 Å². The zero-order chi connectivity index (χ0) is 12.5. The van der Waals surface area contributed by atoms with Gasteiger partial charge >= 0.3 is 0 Å². The molecular formula is C11H14FNO3S. The molecule has 0 aliphatic carbocycles. The van der Waals surface area contributed by atoms with Crippen LogP contribution in [0.3, 0.4) is 0 Å². The Kier molecular flexibility index (Phi) is 3.46. The van der Waals surface area contributed by atoms with Crippen molar-refractivity contribution in [3.63, 3.8) is 0 Å². The van der Waals surface area contributed by atoms with Gasteiger partial charge in [0, 0.05) is 19.7 Å². The summed E-state index contributed by atoms with van der Waals surface area (Å²) in [5, 5.41) is 8.98. The molecule has 1 aliphatic rings. The molecule has 1 heterocycles. The van der Waals surface area contributed by atoms with Gasteiger partial charge in [0.15, 0.2) is 0 Å². The van der Waals surface area contributed by atoms with E-state index >= 15 is 0 Å². The normalized spacial score (nSPS) is 21.9.